The quantitative estimate of drug-likeness (QED) is 0.651. The van der Waals surface area contributed by atoms with Crippen LogP contribution in [0.25, 0.3) is 5.69 Å². The minimum atomic E-state index is -0.259. The number of nitrogens with zero attached hydrogens (tertiary/aromatic N) is 7. The van der Waals surface area contributed by atoms with Crippen LogP contribution in [0.2, 0.25) is 0 Å². The zero-order chi connectivity index (χ0) is 24.9. The molecule has 3 saturated heterocycles. The van der Waals surface area contributed by atoms with Crippen LogP contribution < -0.4 is 0 Å². The van der Waals surface area contributed by atoms with Crippen molar-refractivity contribution >= 4 is 11.8 Å². The van der Waals surface area contributed by atoms with Gasteiger partial charge in [0.05, 0.1) is 23.6 Å². The summed E-state index contributed by atoms with van der Waals surface area (Å²) in [5, 5.41) is 8.07. The lowest BCUT2D eigenvalue weighted by molar-refractivity contribution is -0.142. The molecule has 2 aromatic rings. The standard InChI is InChI=1S/C27H37N7O2/c1-21-4-5-23(34-15-11-28-29-34)22(20-21)24(35)33-12-3-6-26(33)9-13-31(14-10-26)25(36)27(7-8-27)32-18-16-30(2)17-19-32/h4-5,11,15,20H,3,6-10,12-14,16-19H2,1-2H3. The number of aryl methyl sites for hydroxylation is 1. The predicted molar refractivity (Wildman–Crippen MR) is 136 cm³/mol. The van der Waals surface area contributed by atoms with E-state index < -0.39 is 0 Å². The Kier molecular flexibility index (Phi) is 5.87. The Morgan fingerprint density at radius 2 is 1.67 bits per heavy atom. The number of carbonyl (C=O) groups is 2. The second-order valence-corrected chi connectivity index (χ2v) is 11.3. The van der Waals surface area contributed by atoms with Crippen molar-refractivity contribution in [2.24, 2.45) is 0 Å². The Labute approximate surface area is 213 Å². The third kappa shape index (κ3) is 3.93. The summed E-state index contributed by atoms with van der Waals surface area (Å²) < 4.78 is 1.67. The molecule has 1 aliphatic carbocycles. The van der Waals surface area contributed by atoms with Crippen molar-refractivity contribution in [1.29, 1.82) is 0 Å². The lowest BCUT2D eigenvalue weighted by Gasteiger charge is -2.47. The molecular weight excluding hydrogens is 454 g/mol. The minimum Gasteiger partial charge on any atom is -0.341 e. The molecule has 192 valence electrons. The first kappa shape index (κ1) is 23.6. The Hall–Kier alpha value is -2.78. The lowest BCUT2D eigenvalue weighted by atomic mass is 9.84. The highest BCUT2D eigenvalue weighted by atomic mass is 16.2. The maximum atomic E-state index is 14.0. The molecule has 1 aromatic carbocycles. The molecule has 1 saturated carbocycles. The Balaban J connectivity index is 1.18. The van der Waals surface area contributed by atoms with Crippen LogP contribution >= 0.6 is 0 Å². The first-order valence-electron chi connectivity index (χ1n) is 13.4. The third-order valence-electron chi connectivity index (χ3n) is 9.11. The van der Waals surface area contributed by atoms with Crippen LogP contribution in [0, 0.1) is 6.92 Å². The maximum absolute atomic E-state index is 14.0. The number of piperazine rings is 1. The number of benzene rings is 1. The Morgan fingerprint density at radius 3 is 2.33 bits per heavy atom. The molecular formula is C27H37N7O2. The number of piperidine rings is 1. The van der Waals surface area contributed by atoms with Gasteiger partial charge in [-0.25, -0.2) is 4.68 Å². The van der Waals surface area contributed by atoms with E-state index in [1.807, 2.05) is 25.1 Å². The van der Waals surface area contributed by atoms with Gasteiger partial charge in [0.2, 0.25) is 5.91 Å². The largest absolute Gasteiger partial charge is 0.341 e. The molecule has 4 heterocycles. The molecule has 4 aliphatic rings. The molecule has 6 rings (SSSR count). The fraction of sp³-hybridized carbons (Fsp3) is 0.630. The number of amides is 2. The van der Waals surface area contributed by atoms with Crippen molar-refractivity contribution in [3.05, 3.63) is 41.7 Å². The molecule has 0 unspecified atom stereocenters. The maximum Gasteiger partial charge on any atom is 0.256 e. The summed E-state index contributed by atoms with van der Waals surface area (Å²) in [6, 6.07) is 5.93. The molecule has 9 heteroatoms. The van der Waals surface area contributed by atoms with Crippen molar-refractivity contribution < 1.29 is 9.59 Å². The van der Waals surface area contributed by atoms with Gasteiger partial charge in [-0.2, -0.15) is 0 Å². The van der Waals surface area contributed by atoms with E-state index in [1.165, 1.54) is 0 Å². The van der Waals surface area contributed by atoms with Gasteiger partial charge in [0.25, 0.3) is 5.91 Å². The molecule has 0 radical (unpaired) electrons. The third-order valence-corrected chi connectivity index (χ3v) is 9.11. The van der Waals surface area contributed by atoms with Gasteiger partial charge < -0.3 is 14.7 Å². The van der Waals surface area contributed by atoms with E-state index in [2.05, 4.69) is 37.0 Å². The highest BCUT2D eigenvalue weighted by Crippen LogP contribution is 2.46. The van der Waals surface area contributed by atoms with Gasteiger partial charge in [-0.1, -0.05) is 16.8 Å². The highest BCUT2D eigenvalue weighted by Gasteiger charge is 2.57. The average Bonchev–Trinajstić information content (AvgIpc) is 3.32. The molecule has 1 spiro atoms. The van der Waals surface area contributed by atoms with Gasteiger partial charge in [-0.05, 0) is 64.6 Å². The van der Waals surface area contributed by atoms with Crippen molar-refractivity contribution in [2.45, 2.75) is 56.5 Å². The molecule has 36 heavy (non-hydrogen) atoms. The molecule has 4 fully saturated rings. The van der Waals surface area contributed by atoms with Crippen LogP contribution in [0.4, 0.5) is 0 Å². The number of likely N-dealkylation sites (tertiary alicyclic amines) is 2. The van der Waals surface area contributed by atoms with E-state index in [0.29, 0.717) is 11.5 Å². The number of hydrogen-bond donors (Lipinski definition) is 0. The second kappa shape index (κ2) is 8.95. The predicted octanol–water partition coefficient (Wildman–Crippen LogP) is 1.95. The number of rotatable bonds is 4. The van der Waals surface area contributed by atoms with Crippen molar-refractivity contribution in [1.82, 2.24) is 34.6 Å². The summed E-state index contributed by atoms with van der Waals surface area (Å²) in [7, 11) is 2.16. The fourth-order valence-corrected chi connectivity index (χ4v) is 6.72. The molecule has 2 amide bonds. The topological polar surface area (TPSA) is 77.8 Å². The molecule has 0 atom stereocenters. The Morgan fingerprint density at radius 1 is 0.917 bits per heavy atom. The molecule has 0 bridgehead atoms. The molecule has 0 N–H and O–H groups in total. The van der Waals surface area contributed by atoms with Gasteiger partial charge in [-0.3, -0.25) is 14.5 Å². The van der Waals surface area contributed by atoms with Crippen LogP contribution in [0.3, 0.4) is 0 Å². The first-order valence-corrected chi connectivity index (χ1v) is 13.4. The number of hydrogen-bond acceptors (Lipinski definition) is 6. The van der Waals surface area contributed by atoms with E-state index in [0.717, 1.165) is 95.6 Å². The fourth-order valence-electron chi connectivity index (χ4n) is 6.72. The normalized spacial score (nSPS) is 23.8. The van der Waals surface area contributed by atoms with E-state index in [1.54, 1.807) is 17.1 Å². The molecule has 3 aliphatic heterocycles. The van der Waals surface area contributed by atoms with Gasteiger partial charge in [0.1, 0.15) is 5.54 Å². The Bertz CT molecular complexity index is 1130. The van der Waals surface area contributed by atoms with Gasteiger partial charge in [0, 0.05) is 51.4 Å². The zero-order valence-corrected chi connectivity index (χ0v) is 21.5. The van der Waals surface area contributed by atoms with Gasteiger partial charge >= 0.3 is 0 Å². The summed E-state index contributed by atoms with van der Waals surface area (Å²) in [6.45, 7) is 8.28. The van der Waals surface area contributed by atoms with Gasteiger partial charge in [0.15, 0.2) is 0 Å². The van der Waals surface area contributed by atoms with Crippen LogP contribution in [0.5, 0.6) is 0 Å². The highest BCUT2D eigenvalue weighted by molar-refractivity contribution is 5.98. The minimum absolute atomic E-state index is 0.0672. The van der Waals surface area contributed by atoms with Crippen molar-refractivity contribution in [3.63, 3.8) is 0 Å². The average molecular weight is 492 g/mol. The number of aromatic nitrogens is 3. The monoisotopic (exact) mass is 491 g/mol. The van der Waals surface area contributed by atoms with E-state index >= 15 is 0 Å². The van der Waals surface area contributed by atoms with E-state index in [4.69, 9.17) is 0 Å². The summed E-state index contributed by atoms with van der Waals surface area (Å²) in [6.07, 6.45) is 9.11. The van der Waals surface area contributed by atoms with E-state index in [-0.39, 0.29) is 17.0 Å². The van der Waals surface area contributed by atoms with E-state index in [9.17, 15) is 9.59 Å². The molecule has 9 nitrogen and oxygen atoms in total. The number of likely N-dealkylation sites (N-methyl/N-ethyl adjacent to an activating group) is 1. The zero-order valence-electron chi connectivity index (χ0n) is 21.5. The smallest absolute Gasteiger partial charge is 0.256 e. The van der Waals surface area contributed by atoms with Crippen molar-refractivity contribution in [2.75, 3.05) is 52.9 Å². The second-order valence-electron chi connectivity index (χ2n) is 11.3. The lowest BCUT2D eigenvalue weighted by Crippen LogP contribution is -2.60. The number of carbonyl (C=O) groups excluding carboxylic acids is 2. The van der Waals surface area contributed by atoms with Crippen LogP contribution in [0.1, 0.15) is 54.4 Å². The summed E-state index contributed by atoms with van der Waals surface area (Å²) >= 11 is 0. The van der Waals surface area contributed by atoms with Crippen LogP contribution in [0.15, 0.2) is 30.6 Å². The molecule has 1 aromatic heterocycles. The van der Waals surface area contributed by atoms with Crippen LogP contribution in [-0.4, -0.2) is 110 Å². The summed E-state index contributed by atoms with van der Waals surface area (Å²) in [5.41, 5.74) is 2.06. The van der Waals surface area contributed by atoms with Crippen molar-refractivity contribution in [3.8, 4) is 5.69 Å². The summed E-state index contributed by atoms with van der Waals surface area (Å²) in [4.78, 5) is 36.7. The van der Waals surface area contributed by atoms with Gasteiger partial charge in [-0.15, -0.1) is 5.10 Å². The summed E-state index contributed by atoms with van der Waals surface area (Å²) in [5.74, 6) is 0.391. The SMILES string of the molecule is Cc1ccc(-n2ccnn2)c(C(=O)N2CCCC23CCN(C(=O)C2(N4CCN(C)CC4)CC2)CC3)c1. The van der Waals surface area contributed by atoms with Crippen LogP contribution in [-0.2, 0) is 4.79 Å². The first-order chi connectivity index (χ1) is 17.4.